The SMILES string of the molecule is NNc1ncc(Br)c(NCCCCn2ccnc2)n1. The second kappa shape index (κ2) is 7.05. The Morgan fingerprint density at radius 1 is 1.37 bits per heavy atom. The van der Waals surface area contributed by atoms with Crippen molar-refractivity contribution in [2.24, 2.45) is 5.84 Å². The van der Waals surface area contributed by atoms with Crippen molar-refractivity contribution in [3.8, 4) is 0 Å². The molecule has 0 amide bonds. The van der Waals surface area contributed by atoms with E-state index >= 15 is 0 Å². The van der Waals surface area contributed by atoms with Crippen LogP contribution in [-0.2, 0) is 6.54 Å². The highest BCUT2D eigenvalue weighted by molar-refractivity contribution is 9.10. The Morgan fingerprint density at radius 3 is 3.00 bits per heavy atom. The van der Waals surface area contributed by atoms with Crippen LogP contribution in [0.25, 0.3) is 0 Å². The predicted octanol–water partition coefficient (Wildman–Crippen LogP) is 1.61. The predicted molar refractivity (Wildman–Crippen MR) is 77.5 cm³/mol. The van der Waals surface area contributed by atoms with Crippen LogP contribution in [0.4, 0.5) is 11.8 Å². The highest BCUT2D eigenvalue weighted by Gasteiger charge is 2.03. The van der Waals surface area contributed by atoms with Gasteiger partial charge in [0.2, 0.25) is 5.95 Å². The summed E-state index contributed by atoms with van der Waals surface area (Å²) in [4.78, 5) is 12.2. The van der Waals surface area contributed by atoms with Crippen molar-refractivity contribution in [2.75, 3.05) is 17.3 Å². The monoisotopic (exact) mass is 325 g/mol. The summed E-state index contributed by atoms with van der Waals surface area (Å²) in [6, 6.07) is 0. The van der Waals surface area contributed by atoms with Crippen molar-refractivity contribution in [2.45, 2.75) is 19.4 Å². The maximum Gasteiger partial charge on any atom is 0.239 e. The molecule has 0 aliphatic carbocycles. The highest BCUT2D eigenvalue weighted by Crippen LogP contribution is 2.19. The van der Waals surface area contributed by atoms with Gasteiger partial charge in [-0.15, -0.1) is 0 Å². The van der Waals surface area contributed by atoms with Gasteiger partial charge in [0.25, 0.3) is 0 Å². The van der Waals surface area contributed by atoms with Gasteiger partial charge in [0.1, 0.15) is 5.82 Å². The molecule has 0 aliphatic heterocycles. The van der Waals surface area contributed by atoms with Crippen LogP contribution in [0.15, 0.2) is 29.4 Å². The third-order valence-corrected chi connectivity index (χ3v) is 3.15. The van der Waals surface area contributed by atoms with E-state index in [2.05, 4.69) is 46.2 Å². The molecule has 4 N–H and O–H groups in total. The number of aryl methyl sites for hydroxylation is 1. The lowest BCUT2D eigenvalue weighted by Gasteiger charge is -2.08. The molecule has 0 aromatic carbocycles. The molecule has 2 heterocycles. The van der Waals surface area contributed by atoms with Crippen LogP contribution < -0.4 is 16.6 Å². The van der Waals surface area contributed by atoms with Crippen molar-refractivity contribution in [1.29, 1.82) is 0 Å². The molecule has 0 atom stereocenters. The number of rotatable bonds is 7. The number of imidazole rings is 1. The maximum absolute atomic E-state index is 5.27. The minimum absolute atomic E-state index is 0.393. The van der Waals surface area contributed by atoms with Crippen LogP contribution in [0.5, 0.6) is 0 Å². The summed E-state index contributed by atoms with van der Waals surface area (Å²) in [6.45, 7) is 1.82. The third-order valence-electron chi connectivity index (χ3n) is 2.57. The topological polar surface area (TPSA) is 93.7 Å². The first kappa shape index (κ1) is 13.8. The lowest BCUT2D eigenvalue weighted by molar-refractivity contribution is 0.620. The Bertz CT molecular complexity index is 500. The van der Waals surface area contributed by atoms with Crippen LogP contribution >= 0.6 is 15.9 Å². The molecule has 2 aromatic heterocycles. The van der Waals surface area contributed by atoms with E-state index < -0.39 is 0 Å². The van der Waals surface area contributed by atoms with E-state index in [1.54, 1.807) is 12.4 Å². The molecule has 0 radical (unpaired) electrons. The van der Waals surface area contributed by atoms with E-state index in [1.807, 2.05) is 12.5 Å². The first-order chi connectivity index (χ1) is 9.29. The fourth-order valence-corrected chi connectivity index (χ4v) is 1.94. The molecule has 7 nitrogen and oxygen atoms in total. The molecule has 0 aliphatic rings. The van der Waals surface area contributed by atoms with E-state index in [9.17, 15) is 0 Å². The van der Waals surface area contributed by atoms with Crippen molar-refractivity contribution >= 4 is 27.7 Å². The number of hydrazine groups is 1. The second-order valence-corrected chi connectivity index (χ2v) is 4.82. The molecule has 0 spiro atoms. The van der Waals surface area contributed by atoms with Gasteiger partial charge in [-0.3, -0.25) is 5.43 Å². The Labute approximate surface area is 119 Å². The molecule has 102 valence electrons. The quantitative estimate of drug-likeness (QED) is 0.407. The standard InChI is InChI=1S/C11H16BrN7/c12-9-7-16-11(18-13)17-10(9)15-3-1-2-5-19-6-4-14-8-19/h4,6-8H,1-3,5,13H2,(H2,15,16,17,18). The molecule has 2 rings (SSSR count). The number of halogens is 1. The molecule has 0 unspecified atom stereocenters. The summed E-state index contributed by atoms with van der Waals surface area (Å²) in [5, 5.41) is 3.25. The van der Waals surface area contributed by atoms with Crippen LogP contribution in [0.3, 0.4) is 0 Å². The number of nitrogens with one attached hydrogen (secondary N) is 2. The summed E-state index contributed by atoms with van der Waals surface area (Å²) < 4.78 is 2.89. The Morgan fingerprint density at radius 2 is 2.26 bits per heavy atom. The van der Waals surface area contributed by atoms with Crippen LogP contribution in [0.1, 0.15) is 12.8 Å². The smallest absolute Gasteiger partial charge is 0.239 e. The summed E-state index contributed by atoms with van der Waals surface area (Å²) in [6.07, 6.45) is 9.36. The zero-order chi connectivity index (χ0) is 13.5. The van der Waals surface area contributed by atoms with E-state index in [0.29, 0.717) is 5.95 Å². The average molecular weight is 326 g/mol. The van der Waals surface area contributed by atoms with E-state index in [0.717, 1.165) is 36.2 Å². The second-order valence-electron chi connectivity index (χ2n) is 3.97. The van der Waals surface area contributed by atoms with Crippen LogP contribution in [0, 0.1) is 0 Å². The number of unbranched alkanes of at least 4 members (excludes halogenated alkanes) is 1. The van der Waals surface area contributed by atoms with Gasteiger partial charge in [-0.1, -0.05) is 0 Å². The largest absolute Gasteiger partial charge is 0.369 e. The Kier molecular flexibility index (Phi) is 5.10. The molecule has 2 aromatic rings. The molecule has 0 saturated heterocycles. The maximum atomic E-state index is 5.27. The number of hydrogen-bond donors (Lipinski definition) is 3. The van der Waals surface area contributed by atoms with Gasteiger partial charge in [0.15, 0.2) is 0 Å². The average Bonchev–Trinajstić information content (AvgIpc) is 2.93. The fraction of sp³-hybridized carbons (Fsp3) is 0.364. The van der Waals surface area contributed by atoms with Gasteiger partial charge < -0.3 is 9.88 Å². The van der Waals surface area contributed by atoms with Crippen molar-refractivity contribution < 1.29 is 0 Å². The van der Waals surface area contributed by atoms with Crippen molar-refractivity contribution in [3.63, 3.8) is 0 Å². The summed E-state index contributed by atoms with van der Waals surface area (Å²) in [7, 11) is 0. The minimum Gasteiger partial charge on any atom is -0.369 e. The first-order valence-electron chi connectivity index (χ1n) is 5.98. The molecular weight excluding hydrogens is 310 g/mol. The Balaban J connectivity index is 1.73. The molecule has 19 heavy (non-hydrogen) atoms. The van der Waals surface area contributed by atoms with Gasteiger partial charge in [-0.25, -0.2) is 15.8 Å². The van der Waals surface area contributed by atoms with Crippen molar-refractivity contribution in [3.05, 3.63) is 29.4 Å². The number of nitrogen functional groups attached to an aromatic ring is 1. The van der Waals surface area contributed by atoms with Gasteiger partial charge in [-0.05, 0) is 28.8 Å². The third kappa shape index (κ3) is 4.18. The number of nitrogens with two attached hydrogens (primary N) is 1. The van der Waals surface area contributed by atoms with Gasteiger partial charge in [0, 0.05) is 31.7 Å². The number of anilines is 2. The summed E-state index contributed by atoms with van der Waals surface area (Å²) in [5.41, 5.74) is 2.42. The van der Waals surface area contributed by atoms with E-state index in [1.165, 1.54) is 0 Å². The van der Waals surface area contributed by atoms with Crippen LogP contribution in [0.2, 0.25) is 0 Å². The summed E-state index contributed by atoms with van der Waals surface area (Å²) in [5.74, 6) is 6.41. The lowest BCUT2D eigenvalue weighted by Crippen LogP contribution is -2.12. The van der Waals surface area contributed by atoms with Gasteiger partial charge in [0.05, 0.1) is 10.8 Å². The molecule has 0 fully saturated rings. The normalized spacial score (nSPS) is 10.4. The van der Waals surface area contributed by atoms with E-state index in [-0.39, 0.29) is 0 Å². The minimum atomic E-state index is 0.393. The first-order valence-corrected chi connectivity index (χ1v) is 6.77. The summed E-state index contributed by atoms with van der Waals surface area (Å²) >= 11 is 3.39. The zero-order valence-electron chi connectivity index (χ0n) is 10.4. The van der Waals surface area contributed by atoms with Crippen molar-refractivity contribution in [1.82, 2.24) is 19.5 Å². The van der Waals surface area contributed by atoms with Gasteiger partial charge in [-0.2, -0.15) is 4.98 Å². The number of hydrogen-bond acceptors (Lipinski definition) is 6. The molecule has 8 heteroatoms. The van der Waals surface area contributed by atoms with E-state index in [4.69, 9.17) is 5.84 Å². The molecule has 0 saturated carbocycles. The van der Waals surface area contributed by atoms with Crippen LogP contribution in [-0.4, -0.2) is 26.1 Å². The number of nitrogens with zero attached hydrogens (tertiary/aromatic N) is 4. The zero-order valence-corrected chi connectivity index (χ0v) is 12.0. The number of aromatic nitrogens is 4. The van der Waals surface area contributed by atoms with Gasteiger partial charge >= 0.3 is 0 Å². The molecular formula is C11H16BrN7. The lowest BCUT2D eigenvalue weighted by atomic mass is 10.3. The Hall–Kier alpha value is -1.67. The fourth-order valence-electron chi connectivity index (χ4n) is 1.61. The molecule has 0 bridgehead atoms. The highest BCUT2D eigenvalue weighted by atomic mass is 79.9.